The summed E-state index contributed by atoms with van der Waals surface area (Å²) in [5.41, 5.74) is 3.54. The van der Waals surface area contributed by atoms with E-state index in [4.69, 9.17) is 9.40 Å². The summed E-state index contributed by atoms with van der Waals surface area (Å²) in [5.74, 6) is 0.884. The zero-order valence-corrected chi connectivity index (χ0v) is 22.7. The maximum absolute atomic E-state index is 13.0. The molecule has 0 saturated heterocycles. The van der Waals surface area contributed by atoms with Gasteiger partial charge in [-0.25, -0.2) is 8.42 Å². The number of anilines is 1. The summed E-state index contributed by atoms with van der Waals surface area (Å²) < 4.78 is 33.3. The number of sulfonamides is 1. The molecule has 7 nitrogen and oxygen atoms in total. The Morgan fingerprint density at radius 1 is 1.26 bits per heavy atom. The Kier molecular flexibility index (Phi) is 7.82. The van der Waals surface area contributed by atoms with Crippen LogP contribution in [0.4, 0.5) is 5.82 Å². The lowest BCUT2D eigenvalue weighted by Gasteiger charge is -2.23. The summed E-state index contributed by atoms with van der Waals surface area (Å²) in [6, 6.07) is 1.93. The van der Waals surface area contributed by atoms with E-state index in [1.165, 1.54) is 10.6 Å². The maximum atomic E-state index is 13.0. The van der Waals surface area contributed by atoms with Gasteiger partial charge < -0.3 is 9.73 Å². The number of unbranched alkanes of at least 4 members (excludes halogenated alkanes) is 1. The smallest absolute Gasteiger partial charge is 0.255 e. The minimum absolute atomic E-state index is 0.239. The Labute approximate surface area is 209 Å². The second kappa shape index (κ2) is 10.7. The van der Waals surface area contributed by atoms with E-state index in [2.05, 4.69) is 18.1 Å². The highest BCUT2D eigenvalue weighted by molar-refractivity contribution is 7.92. The molecule has 2 aromatic heterocycles. The fourth-order valence-electron chi connectivity index (χ4n) is 4.36. The molecule has 0 radical (unpaired) electrons. The lowest BCUT2D eigenvalue weighted by molar-refractivity contribution is 0.0963. The van der Waals surface area contributed by atoms with Crippen LogP contribution in [0.2, 0.25) is 0 Å². The standard InChI is InChI=1S/C26H34N3O4PS/c1-17-8-7-9-19(11-10-17)23-22(25(30)27-2)21-16-20(18-12-13-18)24(28-26(21)33-23)29(35(4,31)32)14-5-6-15-34-3/h8-11,16,18,34H,5-7,12-15H2,1-4H3,(H,27,30). The summed E-state index contributed by atoms with van der Waals surface area (Å²) in [5, 5.41) is 3.35. The monoisotopic (exact) mass is 515 g/mol. The Hall–Kier alpha value is -2.44. The Morgan fingerprint density at radius 3 is 2.69 bits per heavy atom. The van der Waals surface area contributed by atoms with Crippen LogP contribution in [0.1, 0.15) is 66.6 Å². The molecular weight excluding hydrogens is 481 g/mol. The number of rotatable bonds is 10. The molecule has 1 atom stereocenters. The molecule has 0 aliphatic heterocycles. The molecule has 0 bridgehead atoms. The quantitative estimate of drug-likeness (QED) is 0.346. The van der Waals surface area contributed by atoms with E-state index in [9.17, 15) is 13.2 Å². The van der Waals surface area contributed by atoms with Gasteiger partial charge in [-0.1, -0.05) is 29.9 Å². The molecule has 2 heterocycles. The van der Waals surface area contributed by atoms with Crippen LogP contribution < -0.4 is 9.62 Å². The fourth-order valence-corrected chi connectivity index (χ4v) is 5.89. The number of aromatic nitrogens is 1. The first-order valence-electron chi connectivity index (χ1n) is 12.1. The van der Waals surface area contributed by atoms with Gasteiger partial charge in [-0.3, -0.25) is 9.10 Å². The number of hydrogen-bond acceptors (Lipinski definition) is 5. The van der Waals surface area contributed by atoms with Gasteiger partial charge in [0.25, 0.3) is 5.91 Å². The number of pyridine rings is 1. The van der Waals surface area contributed by atoms with Gasteiger partial charge in [-0.15, -0.1) is 8.58 Å². The van der Waals surface area contributed by atoms with Crippen molar-refractivity contribution in [3.8, 4) is 0 Å². The molecule has 2 aromatic rings. The SMILES string of the molecule is CNC(=O)c1c(C2=CCC=C(C)C=C2)oc2nc(N(CCCCPC)S(C)(=O)=O)c(C3CC3)cc12. The summed E-state index contributed by atoms with van der Waals surface area (Å²) in [6.45, 7) is 4.57. The minimum Gasteiger partial charge on any atom is -0.437 e. The zero-order valence-electron chi connectivity index (χ0n) is 20.8. The maximum Gasteiger partial charge on any atom is 0.255 e. The Bertz CT molecular complexity index is 1320. The normalized spacial score (nSPS) is 16.5. The van der Waals surface area contributed by atoms with Gasteiger partial charge in [0.05, 0.1) is 17.2 Å². The van der Waals surface area contributed by atoms with Gasteiger partial charge in [0, 0.05) is 19.2 Å². The highest BCUT2D eigenvalue weighted by atomic mass is 32.2. The average Bonchev–Trinajstić information content (AvgIpc) is 3.62. The molecule has 0 spiro atoms. The van der Waals surface area contributed by atoms with E-state index < -0.39 is 10.0 Å². The van der Waals surface area contributed by atoms with Crippen LogP contribution in [0.25, 0.3) is 16.7 Å². The second-order valence-electron chi connectivity index (χ2n) is 9.24. The van der Waals surface area contributed by atoms with Crippen LogP contribution in [-0.2, 0) is 10.0 Å². The van der Waals surface area contributed by atoms with Gasteiger partial charge in [0.15, 0.2) is 0 Å². The van der Waals surface area contributed by atoms with Crippen LogP contribution >= 0.6 is 8.58 Å². The molecule has 1 fully saturated rings. The first kappa shape index (κ1) is 25.6. The Balaban J connectivity index is 1.88. The highest BCUT2D eigenvalue weighted by Gasteiger charge is 2.34. The Morgan fingerprint density at radius 2 is 2.03 bits per heavy atom. The number of nitrogens with zero attached hydrogens (tertiary/aromatic N) is 2. The van der Waals surface area contributed by atoms with Crippen molar-refractivity contribution in [1.29, 1.82) is 0 Å². The number of nitrogens with one attached hydrogen (secondary N) is 1. The molecule has 9 heteroatoms. The van der Waals surface area contributed by atoms with Gasteiger partial charge >= 0.3 is 0 Å². The molecule has 4 rings (SSSR count). The summed E-state index contributed by atoms with van der Waals surface area (Å²) in [6.07, 6.45) is 14.8. The lowest BCUT2D eigenvalue weighted by Crippen LogP contribution is -2.32. The minimum atomic E-state index is -3.54. The van der Waals surface area contributed by atoms with E-state index in [0.717, 1.165) is 63.6 Å². The number of fused-ring (bicyclic) bond motifs is 1. The summed E-state index contributed by atoms with van der Waals surface area (Å²) >= 11 is 0. The second-order valence-corrected chi connectivity index (χ2v) is 12.3. The number of furan rings is 1. The molecule has 1 amide bonds. The number of hydrogen-bond donors (Lipinski definition) is 1. The number of allylic oxidation sites excluding steroid dienone is 6. The third kappa shape index (κ3) is 5.70. The van der Waals surface area contributed by atoms with Crippen molar-refractivity contribution in [3.05, 3.63) is 52.8 Å². The molecular formula is C26H34N3O4PS. The first-order valence-corrected chi connectivity index (χ1v) is 15.7. The van der Waals surface area contributed by atoms with Gasteiger partial charge in [-0.2, -0.15) is 4.98 Å². The van der Waals surface area contributed by atoms with Gasteiger partial charge in [0.1, 0.15) is 11.6 Å². The van der Waals surface area contributed by atoms with Crippen molar-refractivity contribution >= 4 is 47.0 Å². The number of carbonyl (C=O) groups excluding carboxylic acids is 1. The fraction of sp³-hybridized carbons (Fsp3) is 0.462. The molecule has 2 aliphatic rings. The lowest BCUT2D eigenvalue weighted by atomic mass is 10.0. The van der Waals surface area contributed by atoms with E-state index in [-0.39, 0.29) is 17.5 Å². The van der Waals surface area contributed by atoms with Gasteiger partial charge in [-0.05, 0) is 69.4 Å². The van der Waals surface area contributed by atoms with Crippen LogP contribution in [0, 0.1) is 0 Å². The van der Waals surface area contributed by atoms with E-state index in [1.54, 1.807) is 7.05 Å². The molecule has 2 aliphatic carbocycles. The van der Waals surface area contributed by atoms with Crippen LogP contribution in [0.3, 0.4) is 0 Å². The highest BCUT2D eigenvalue weighted by Crippen LogP contribution is 2.46. The topological polar surface area (TPSA) is 92.5 Å². The number of carbonyl (C=O) groups is 1. The van der Waals surface area contributed by atoms with Crippen molar-refractivity contribution in [2.24, 2.45) is 0 Å². The molecule has 1 unspecified atom stereocenters. The summed E-state index contributed by atoms with van der Waals surface area (Å²) in [7, 11) is -1.09. The predicted octanol–water partition coefficient (Wildman–Crippen LogP) is 5.21. The summed E-state index contributed by atoms with van der Waals surface area (Å²) in [4.78, 5) is 17.8. The molecule has 188 valence electrons. The van der Waals surface area contributed by atoms with Crippen molar-refractivity contribution in [2.75, 3.05) is 37.0 Å². The van der Waals surface area contributed by atoms with E-state index in [0.29, 0.717) is 29.1 Å². The zero-order chi connectivity index (χ0) is 25.2. The van der Waals surface area contributed by atoms with Crippen LogP contribution in [0.5, 0.6) is 0 Å². The average molecular weight is 516 g/mol. The van der Waals surface area contributed by atoms with E-state index >= 15 is 0 Å². The van der Waals surface area contributed by atoms with Crippen LogP contribution in [0.15, 0.2) is 40.4 Å². The van der Waals surface area contributed by atoms with Crippen LogP contribution in [-0.4, -0.2) is 52.0 Å². The number of amides is 1. The van der Waals surface area contributed by atoms with Crippen molar-refractivity contribution < 1.29 is 17.6 Å². The molecule has 0 aromatic carbocycles. The first-order chi connectivity index (χ1) is 16.7. The van der Waals surface area contributed by atoms with E-state index in [1.807, 2.05) is 31.2 Å². The molecule has 1 N–H and O–H groups in total. The van der Waals surface area contributed by atoms with Gasteiger partial charge in [0.2, 0.25) is 15.7 Å². The largest absolute Gasteiger partial charge is 0.437 e. The van der Waals surface area contributed by atoms with Crippen molar-refractivity contribution in [2.45, 2.75) is 44.9 Å². The third-order valence-electron chi connectivity index (χ3n) is 6.40. The third-order valence-corrected chi connectivity index (χ3v) is 8.41. The van der Waals surface area contributed by atoms with Crippen molar-refractivity contribution in [1.82, 2.24) is 10.3 Å². The molecule has 35 heavy (non-hydrogen) atoms. The van der Waals surface area contributed by atoms with Crippen molar-refractivity contribution in [3.63, 3.8) is 0 Å². The molecule has 1 saturated carbocycles. The predicted molar refractivity (Wildman–Crippen MR) is 145 cm³/mol.